The third kappa shape index (κ3) is 3.89. The van der Waals surface area contributed by atoms with Crippen molar-refractivity contribution in [1.82, 2.24) is 0 Å². The third-order valence-corrected chi connectivity index (χ3v) is 2.74. The van der Waals surface area contributed by atoms with Crippen molar-refractivity contribution in [3.05, 3.63) is 35.4 Å². The van der Waals surface area contributed by atoms with Gasteiger partial charge in [0, 0.05) is 6.04 Å². The number of unbranched alkanes of at least 4 members (excludes halogenated alkanes) is 3. The van der Waals surface area contributed by atoms with Gasteiger partial charge in [-0.05, 0) is 24.1 Å². The average Bonchev–Trinajstić information content (AvgIpc) is 2.28. The van der Waals surface area contributed by atoms with Gasteiger partial charge in [0.05, 0.1) is 0 Å². The first-order chi connectivity index (χ1) is 7.65. The SMILES string of the molecule is CCCCCCC(N)c1ccc(F)c(F)c1. The van der Waals surface area contributed by atoms with E-state index in [2.05, 4.69) is 6.92 Å². The highest BCUT2D eigenvalue weighted by atomic mass is 19.2. The highest BCUT2D eigenvalue weighted by molar-refractivity contribution is 5.20. The van der Waals surface area contributed by atoms with Gasteiger partial charge in [0.1, 0.15) is 0 Å². The summed E-state index contributed by atoms with van der Waals surface area (Å²) in [6.45, 7) is 2.15. The molecule has 0 fully saturated rings. The van der Waals surface area contributed by atoms with Crippen molar-refractivity contribution in [2.24, 2.45) is 5.73 Å². The molecule has 1 nitrogen and oxygen atoms in total. The Labute approximate surface area is 95.7 Å². The Morgan fingerprint density at radius 3 is 2.50 bits per heavy atom. The lowest BCUT2D eigenvalue weighted by Crippen LogP contribution is -2.10. The number of nitrogens with two attached hydrogens (primary N) is 1. The highest BCUT2D eigenvalue weighted by Gasteiger charge is 2.09. The van der Waals surface area contributed by atoms with Gasteiger partial charge < -0.3 is 5.73 Å². The summed E-state index contributed by atoms with van der Waals surface area (Å²) in [6, 6.07) is 3.70. The molecule has 0 radical (unpaired) electrons. The summed E-state index contributed by atoms with van der Waals surface area (Å²) >= 11 is 0. The molecule has 1 unspecified atom stereocenters. The normalized spacial score (nSPS) is 12.8. The number of halogens is 2. The molecule has 0 aromatic heterocycles. The lowest BCUT2D eigenvalue weighted by Gasteiger charge is -2.11. The highest BCUT2D eigenvalue weighted by Crippen LogP contribution is 2.19. The molecule has 2 N–H and O–H groups in total. The van der Waals surface area contributed by atoms with Crippen LogP contribution in [0.1, 0.15) is 50.6 Å². The second kappa shape index (κ2) is 6.59. The molecule has 0 bridgehead atoms. The van der Waals surface area contributed by atoms with Gasteiger partial charge in [-0.3, -0.25) is 0 Å². The summed E-state index contributed by atoms with van der Waals surface area (Å²) in [4.78, 5) is 0. The Morgan fingerprint density at radius 2 is 1.88 bits per heavy atom. The van der Waals surface area contributed by atoms with Crippen molar-refractivity contribution in [1.29, 1.82) is 0 Å². The molecule has 0 amide bonds. The van der Waals surface area contributed by atoms with Crippen LogP contribution in [0.15, 0.2) is 18.2 Å². The van der Waals surface area contributed by atoms with Gasteiger partial charge in [-0.1, -0.05) is 38.7 Å². The van der Waals surface area contributed by atoms with E-state index in [-0.39, 0.29) is 6.04 Å². The first kappa shape index (κ1) is 13.1. The number of hydrogen-bond acceptors (Lipinski definition) is 1. The summed E-state index contributed by atoms with van der Waals surface area (Å²) in [6.07, 6.45) is 5.39. The zero-order valence-electron chi connectivity index (χ0n) is 9.68. The van der Waals surface area contributed by atoms with Crippen LogP contribution in [0.2, 0.25) is 0 Å². The number of rotatable bonds is 6. The van der Waals surface area contributed by atoms with Crippen molar-refractivity contribution in [3.63, 3.8) is 0 Å². The Morgan fingerprint density at radius 1 is 1.12 bits per heavy atom. The minimum atomic E-state index is -0.818. The largest absolute Gasteiger partial charge is 0.324 e. The van der Waals surface area contributed by atoms with Gasteiger partial charge in [0.25, 0.3) is 0 Å². The van der Waals surface area contributed by atoms with Crippen LogP contribution >= 0.6 is 0 Å². The van der Waals surface area contributed by atoms with Crippen LogP contribution in [0.3, 0.4) is 0 Å². The molecule has 3 heteroatoms. The van der Waals surface area contributed by atoms with Crippen LogP contribution in [0, 0.1) is 11.6 Å². The Bertz CT molecular complexity index is 326. The standard InChI is InChI=1S/C13H19F2N/c1-2-3-4-5-6-13(16)10-7-8-11(14)12(15)9-10/h7-9,13H,2-6,16H2,1H3. The zero-order valence-corrected chi connectivity index (χ0v) is 9.68. The molecule has 0 aliphatic rings. The van der Waals surface area contributed by atoms with Crippen LogP contribution in [0.25, 0.3) is 0 Å². The van der Waals surface area contributed by atoms with Gasteiger partial charge in [-0.2, -0.15) is 0 Å². The Kier molecular flexibility index (Phi) is 5.39. The van der Waals surface area contributed by atoms with Crippen LogP contribution in [0.4, 0.5) is 8.78 Å². The molecular weight excluding hydrogens is 208 g/mol. The molecule has 0 saturated heterocycles. The van der Waals surface area contributed by atoms with E-state index in [9.17, 15) is 8.78 Å². The number of benzene rings is 1. The Hall–Kier alpha value is -0.960. The van der Waals surface area contributed by atoms with Crippen molar-refractivity contribution in [3.8, 4) is 0 Å². The quantitative estimate of drug-likeness (QED) is 0.732. The maximum Gasteiger partial charge on any atom is 0.159 e. The van der Waals surface area contributed by atoms with E-state index in [4.69, 9.17) is 5.73 Å². The summed E-state index contributed by atoms with van der Waals surface area (Å²) in [5.74, 6) is -1.64. The second-order valence-electron chi connectivity index (χ2n) is 4.13. The topological polar surface area (TPSA) is 26.0 Å². The van der Waals surface area contributed by atoms with E-state index in [0.717, 1.165) is 25.3 Å². The second-order valence-corrected chi connectivity index (χ2v) is 4.13. The lowest BCUT2D eigenvalue weighted by atomic mass is 10.0. The first-order valence-electron chi connectivity index (χ1n) is 5.85. The molecule has 0 spiro atoms. The molecule has 0 aliphatic heterocycles. The summed E-state index contributed by atoms with van der Waals surface area (Å²) < 4.78 is 25.7. The van der Waals surface area contributed by atoms with Gasteiger partial charge in [-0.15, -0.1) is 0 Å². The van der Waals surface area contributed by atoms with Crippen LogP contribution in [0.5, 0.6) is 0 Å². The fraction of sp³-hybridized carbons (Fsp3) is 0.538. The van der Waals surface area contributed by atoms with Crippen LogP contribution < -0.4 is 5.73 Å². The van der Waals surface area contributed by atoms with E-state index in [0.29, 0.717) is 5.56 Å². The molecule has 1 rings (SSSR count). The Balaban J connectivity index is 2.46. The molecule has 16 heavy (non-hydrogen) atoms. The molecule has 0 aliphatic carbocycles. The minimum Gasteiger partial charge on any atom is -0.324 e. The van der Waals surface area contributed by atoms with Crippen LogP contribution in [-0.4, -0.2) is 0 Å². The van der Waals surface area contributed by atoms with E-state index in [1.807, 2.05) is 0 Å². The molecule has 0 heterocycles. The van der Waals surface area contributed by atoms with Gasteiger partial charge in [0.2, 0.25) is 0 Å². The predicted molar refractivity (Wildman–Crippen MR) is 62.0 cm³/mol. The summed E-state index contributed by atoms with van der Waals surface area (Å²) in [5.41, 5.74) is 6.58. The first-order valence-corrected chi connectivity index (χ1v) is 5.85. The van der Waals surface area contributed by atoms with Crippen LogP contribution in [-0.2, 0) is 0 Å². The summed E-state index contributed by atoms with van der Waals surface area (Å²) in [7, 11) is 0. The van der Waals surface area contributed by atoms with Crippen molar-refractivity contribution < 1.29 is 8.78 Å². The molecule has 1 aromatic rings. The smallest absolute Gasteiger partial charge is 0.159 e. The van der Waals surface area contributed by atoms with Crippen molar-refractivity contribution in [2.45, 2.75) is 45.1 Å². The lowest BCUT2D eigenvalue weighted by molar-refractivity contribution is 0.502. The van der Waals surface area contributed by atoms with Gasteiger partial charge in [-0.25, -0.2) is 8.78 Å². The fourth-order valence-electron chi connectivity index (χ4n) is 1.70. The van der Waals surface area contributed by atoms with Crippen molar-refractivity contribution in [2.75, 3.05) is 0 Å². The van der Waals surface area contributed by atoms with E-state index in [1.165, 1.54) is 18.9 Å². The van der Waals surface area contributed by atoms with E-state index < -0.39 is 11.6 Å². The molecule has 1 atom stereocenters. The molecule has 1 aromatic carbocycles. The molecular formula is C13H19F2N. The maximum absolute atomic E-state index is 13.0. The predicted octanol–water partition coefficient (Wildman–Crippen LogP) is 3.94. The number of hydrogen-bond donors (Lipinski definition) is 1. The molecule has 0 saturated carbocycles. The minimum absolute atomic E-state index is 0.188. The van der Waals surface area contributed by atoms with Gasteiger partial charge >= 0.3 is 0 Å². The van der Waals surface area contributed by atoms with E-state index >= 15 is 0 Å². The monoisotopic (exact) mass is 227 g/mol. The summed E-state index contributed by atoms with van der Waals surface area (Å²) in [5, 5.41) is 0. The average molecular weight is 227 g/mol. The third-order valence-electron chi connectivity index (χ3n) is 2.74. The van der Waals surface area contributed by atoms with Gasteiger partial charge in [0.15, 0.2) is 11.6 Å². The van der Waals surface area contributed by atoms with Crippen molar-refractivity contribution >= 4 is 0 Å². The fourth-order valence-corrected chi connectivity index (χ4v) is 1.70. The zero-order chi connectivity index (χ0) is 12.0. The van der Waals surface area contributed by atoms with E-state index in [1.54, 1.807) is 6.07 Å². The maximum atomic E-state index is 13.0. The molecule has 90 valence electrons.